The lowest BCUT2D eigenvalue weighted by Crippen LogP contribution is -2.26. The average Bonchev–Trinajstić information content (AvgIpc) is 2.36. The number of aromatic nitrogens is 2. The number of benzene rings is 1. The first kappa shape index (κ1) is 12.2. The van der Waals surface area contributed by atoms with Crippen molar-refractivity contribution in [3.8, 4) is 0 Å². The molecule has 1 aromatic carbocycles. The van der Waals surface area contributed by atoms with Gasteiger partial charge < -0.3 is 5.32 Å². The van der Waals surface area contributed by atoms with Crippen LogP contribution in [0.4, 0.5) is 5.69 Å². The quantitative estimate of drug-likeness (QED) is 0.900. The number of fused-ring (bicyclic) bond motifs is 1. The van der Waals surface area contributed by atoms with E-state index in [0.717, 1.165) is 23.1 Å². The molecular weight excluding hydrogens is 230 g/mol. The van der Waals surface area contributed by atoms with Crippen LogP contribution in [0.1, 0.15) is 13.8 Å². The average molecular weight is 247 g/mol. The molecule has 0 saturated heterocycles. The van der Waals surface area contributed by atoms with Gasteiger partial charge in [-0.15, -0.1) is 0 Å². The van der Waals surface area contributed by atoms with Crippen molar-refractivity contribution >= 4 is 28.4 Å². The molecule has 1 aromatic heterocycles. The minimum atomic E-state index is 0.213. The number of nitrogens with zero attached hydrogens (tertiary/aromatic N) is 2. The molecule has 0 unspecified atom stereocenters. The van der Waals surface area contributed by atoms with E-state index in [1.54, 1.807) is 6.20 Å². The highest BCUT2D eigenvalue weighted by molar-refractivity contribution is 7.99. The van der Waals surface area contributed by atoms with Crippen LogP contribution in [0.25, 0.3) is 10.9 Å². The third-order valence-corrected chi connectivity index (χ3v) is 4.05. The summed E-state index contributed by atoms with van der Waals surface area (Å²) < 4.78 is 0.213. The molecule has 90 valence electrons. The van der Waals surface area contributed by atoms with E-state index in [1.807, 2.05) is 30.0 Å². The van der Waals surface area contributed by atoms with Crippen molar-refractivity contribution in [3.05, 3.63) is 30.5 Å². The summed E-state index contributed by atoms with van der Waals surface area (Å²) in [6.45, 7) is 5.35. The summed E-state index contributed by atoms with van der Waals surface area (Å²) in [7, 11) is 0. The molecule has 0 bridgehead atoms. The molecule has 0 fully saturated rings. The van der Waals surface area contributed by atoms with E-state index < -0.39 is 0 Å². The Hall–Kier alpha value is -1.29. The molecule has 2 aromatic rings. The Morgan fingerprint density at radius 3 is 2.82 bits per heavy atom. The van der Waals surface area contributed by atoms with Crippen LogP contribution in [-0.2, 0) is 0 Å². The van der Waals surface area contributed by atoms with E-state index in [0.29, 0.717) is 0 Å². The molecule has 0 aliphatic carbocycles. The number of anilines is 1. The highest BCUT2D eigenvalue weighted by Gasteiger charge is 2.15. The van der Waals surface area contributed by atoms with Crippen LogP contribution >= 0.6 is 11.8 Å². The van der Waals surface area contributed by atoms with Gasteiger partial charge in [0.2, 0.25) is 0 Å². The number of rotatable bonds is 4. The molecule has 0 aliphatic heterocycles. The highest BCUT2D eigenvalue weighted by Crippen LogP contribution is 2.24. The second-order valence-electron chi connectivity index (χ2n) is 4.59. The Bertz CT molecular complexity index is 505. The van der Waals surface area contributed by atoms with Gasteiger partial charge in [-0.05, 0) is 26.2 Å². The molecule has 0 saturated carbocycles. The van der Waals surface area contributed by atoms with E-state index >= 15 is 0 Å². The second-order valence-corrected chi connectivity index (χ2v) is 6.11. The number of hydrogen-bond acceptors (Lipinski definition) is 4. The molecule has 1 heterocycles. The molecule has 0 radical (unpaired) electrons. The summed E-state index contributed by atoms with van der Waals surface area (Å²) in [6, 6.07) is 8.05. The zero-order valence-electron chi connectivity index (χ0n) is 10.4. The molecule has 3 nitrogen and oxygen atoms in total. The van der Waals surface area contributed by atoms with Gasteiger partial charge in [-0.25, -0.2) is 0 Å². The van der Waals surface area contributed by atoms with Crippen molar-refractivity contribution < 1.29 is 0 Å². The van der Waals surface area contributed by atoms with E-state index in [9.17, 15) is 0 Å². The SMILES string of the molecule is CSC(C)(C)CNc1cnnc2ccccc12. The van der Waals surface area contributed by atoms with Crippen LogP contribution in [0.2, 0.25) is 0 Å². The van der Waals surface area contributed by atoms with E-state index in [4.69, 9.17) is 0 Å². The predicted molar refractivity (Wildman–Crippen MR) is 75.6 cm³/mol. The zero-order valence-corrected chi connectivity index (χ0v) is 11.2. The summed E-state index contributed by atoms with van der Waals surface area (Å²) in [5.74, 6) is 0. The first-order chi connectivity index (χ1) is 8.12. The first-order valence-corrected chi connectivity index (χ1v) is 6.84. The Morgan fingerprint density at radius 1 is 1.29 bits per heavy atom. The lowest BCUT2D eigenvalue weighted by molar-refractivity contribution is 0.752. The molecule has 1 N–H and O–H groups in total. The fourth-order valence-corrected chi connectivity index (χ4v) is 1.74. The van der Waals surface area contributed by atoms with Crippen LogP contribution in [0, 0.1) is 0 Å². The number of nitrogens with one attached hydrogen (secondary N) is 1. The van der Waals surface area contributed by atoms with Crippen molar-refractivity contribution in [1.82, 2.24) is 10.2 Å². The Labute approximate surface area is 106 Å². The van der Waals surface area contributed by atoms with Gasteiger partial charge in [-0.3, -0.25) is 0 Å². The third-order valence-electron chi connectivity index (χ3n) is 2.80. The topological polar surface area (TPSA) is 37.8 Å². The molecule has 4 heteroatoms. The zero-order chi connectivity index (χ0) is 12.3. The van der Waals surface area contributed by atoms with Gasteiger partial charge in [0.25, 0.3) is 0 Å². The molecule has 0 amide bonds. The minimum absolute atomic E-state index is 0.213. The van der Waals surface area contributed by atoms with Crippen molar-refractivity contribution in [2.45, 2.75) is 18.6 Å². The van der Waals surface area contributed by atoms with Gasteiger partial charge in [-0.2, -0.15) is 22.0 Å². The summed E-state index contributed by atoms with van der Waals surface area (Å²) >= 11 is 1.85. The molecular formula is C13H17N3S. The van der Waals surface area contributed by atoms with Gasteiger partial charge in [0.05, 0.1) is 17.4 Å². The van der Waals surface area contributed by atoms with Crippen molar-refractivity contribution in [2.24, 2.45) is 0 Å². The standard InChI is InChI=1S/C13H17N3S/c1-13(2,17-3)9-14-12-8-15-16-11-7-5-4-6-10(11)12/h4-8H,9H2,1-3H3,(H,14,16). The van der Waals surface area contributed by atoms with E-state index in [-0.39, 0.29) is 4.75 Å². The smallest absolute Gasteiger partial charge is 0.0950 e. The van der Waals surface area contributed by atoms with Crippen LogP contribution in [-0.4, -0.2) is 27.7 Å². The summed E-state index contributed by atoms with van der Waals surface area (Å²) in [6.07, 6.45) is 3.92. The van der Waals surface area contributed by atoms with Crippen molar-refractivity contribution in [2.75, 3.05) is 18.1 Å². The van der Waals surface area contributed by atoms with Gasteiger partial charge in [0.1, 0.15) is 0 Å². The predicted octanol–water partition coefficient (Wildman–Crippen LogP) is 3.18. The lowest BCUT2D eigenvalue weighted by atomic mass is 10.2. The monoisotopic (exact) mass is 247 g/mol. The Balaban J connectivity index is 2.24. The molecule has 0 atom stereocenters. The fraction of sp³-hybridized carbons (Fsp3) is 0.385. The third kappa shape index (κ3) is 2.88. The lowest BCUT2D eigenvalue weighted by Gasteiger charge is -2.23. The van der Waals surface area contributed by atoms with Crippen molar-refractivity contribution in [1.29, 1.82) is 0 Å². The van der Waals surface area contributed by atoms with Crippen LogP contribution in [0.5, 0.6) is 0 Å². The molecule has 17 heavy (non-hydrogen) atoms. The molecule has 2 rings (SSSR count). The molecule has 0 aliphatic rings. The maximum Gasteiger partial charge on any atom is 0.0950 e. The number of hydrogen-bond donors (Lipinski definition) is 1. The van der Waals surface area contributed by atoms with Crippen LogP contribution < -0.4 is 5.32 Å². The largest absolute Gasteiger partial charge is 0.382 e. The first-order valence-electron chi connectivity index (χ1n) is 5.62. The fourth-order valence-electron chi connectivity index (χ4n) is 1.53. The Morgan fingerprint density at radius 2 is 2.06 bits per heavy atom. The summed E-state index contributed by atoms with van der Waals surface area (Å²) in [5, 5.41) is 12.7. The summed E-state index contributed by atoms with van der Waals surface area (Å²) in [5.41, 5.74) is 1.98. The van der Waals surface area contributed by atoms with Gasteiger partial charge in [0.15, 0.2) is 0 Å². The molecule has 0 spiro atoms. The Kier molecular flexibility index (Phi) is 3.52. The summed E-state index contributed by atoms with van der Waals surface area (Å²) in [4.78, 5) is 0. The minimum Gasteiger partial charge on any atom is -0.382 e. The van der Waals surface area contributed by atoms with Crippen LogP contribution in [0.3, 0.4) is 0 Å². The highest BCUT2D eigenvalue weighted by atomic mass is 32.2. The van der Waals surface area contributed by atoms with Crippen LogP contribution in [0.15, 0.2) is 30.5 Å². The van der Waals surface area contributed by atoms with Gasteiger partial charge >= 0.3 is 0 Å². The van der Waals surface area contributed by atoms with E-state index in [1.165, 1.54) is 0 Å². The maximum absolute atomic E-state index is 4.11. The van der Waals surface area contributed by atoms with Gasteiger partial charge in [0, 0.05) is 16.7 Å². The normalized spacial score (nSPS) is 11.7. The maximum atomic E-state index is 4.11. The van der Waals surface area contributed by atoms with Gasteiger partial charge in [-0.1, -0.05) is 18.2 Å². The second kappa shape index (κ2) is 4.92. The van der Waals surface area contributed by atoms with Crippen molar-refractivity contribution in [3.63, 3.8) is 0 Å². The van der Waals surface area contributed by atoms with E-state index in [2.05, 4.69) is 41.7 Å². The number of thioether (sulfide) groups is 1.